The van der Waals surface area contributed by atoms with Crippen molar-refractivity contribution in [3.63, 3.8) is 0 Å². The molecule has 16 heavy (non-hydrogen) atoms. The molecule has 1 heterocycles. The van der Waals surface area contributed by atoms with Crippen molar-refractivity contribution in [1.29, 1.82) is 0 Å². The SMILES string of the molecule is CC(C)CC(CNC(C)C)Cc1ccoc1. The lowest BCUT2D eigenvalue weighted by atomic mass is 9.91. The average Bonchev–Trinajstić information content (AvgIpc) is 2.66. The minimum atomic E-state index is 0.569. The van der Waals surface area contributed by atoms with Gasteiger partial charge < -0.3 is 9.73 Å². The fourth-order valence-corrected chi connectivity index (χ4v) is 2.05. The Morgan fingerprint density at radius 1 is 1.25 bits per heavy atom. The van der Waals surface area contributed by atoms with E-state index >= 15 is 0 Å². The molecule has 1 N–H and O–H groups in total. The number of furan rings is 1. The average molecular weight is 223 g/mol. The molecule has 92 valence electrons. The van der Waals surface area contributed by atoms with E-state index in [0.717, 1.165) is 18.9 Å². The van der Waals surface area contributed by atoms with Gasteiger partial charge in [0.15, 0.2) is 0 Å². The monoisotopic (exact) mass is 223 g/mol. The molecule has 1 atom stereocenters. The topological polar surface area (TPSA) is 25.2 Å². The van der Waals surface area contributed by atoms with Gasteiger partial charge in [0.25, 0.3) is 0 Å². The zero-order valence-corrected chi connectivity index (χ0v) is 11.0. The summed E-state index contributed by atoms with van der Waals surface area (Å²) in [6.07, 6.45) is 6.01. The summed E-state index contributed by atoms with van der Waals surface area (Å²) in [4.78, 5) is 0. The van der Waals surface area contributed by atoms with Crippen LogP contribution in [0.3, 0.4) is 0 Å². The zero-order chi connectivity index (χ0) is 12.0. The summed E-state index contributed by atoms with van der Waals surface area (Å²) in [6, 6.07) is 2.64. The van der Waals surface area contributed by atoms with Gasteiger partial charge in [0.05, 0.1) is 12.5 Å². The summed E-state index contributed by atoms with van der Waals surface area (Å²) in [5.41, 5.74) is 1.32. The summed E-state index contributed by atoms with van der Waals surface area (Å²) in [6.45, 7) is 10.1. The molecule has 0 spiro atoms. The fourth-order valence-electron chi connectivity index (χ4n) is 2.05. The Morgan fingerprint density at radius 3 is 2.50 bits per heavy atom. The summed E-state index contributed by atoms with van der Waals surface area (Å²) in [5.74, 6) is 1.46. The summed E-state index contributed by atoms with van der Waals surface area (Å²) >= 11 is 0. The Balaban J connectivity index is 2.43. The molecule has 0 fully saturated rings. The van der Waals surface area contributed by atoms with Crippen LogP contribution in [0.2, 0.25) is 0 Å². The van der Waals surface area contributed by atoms with Gasteiger partial charge in [-0.1, -0.05) is 27.7 Å². The molecule has 0 aliphatic rings. The van der Waals surface area contributed by atoms with E-state index in [-0.39, 0.29) is 0 Å². The highest BCUT2D eigenvalue weighted by Gasteiger charge is 2.12. The van der Waals surface area contributed by atoms with Crippen LogP contribution in [0, 0.1) is 11.8 Å². The second kappa shape index (κ2) is 6.74. The van der Waals surface area contributed by atoms with Gasteiger partial charge in [-0.15, -0.1) is 0 Å². The molecule has 0 aliphatic carbocycles. The third kappa shape index (κ3) is 5.36. The molecule has 0 bridgehead atoms. The molecule has 0 aliphatic heterocycles. The normalized spacial score (nSPS) is 13.6. The molecular weight excluding hydrogens is 198 g/mol. The van der Waals surface area contributed by atoms with E-state index in [0.29, 0.717) is 12.0 Å². The minimum Gasteiger partial charge on any atom is -0.472 e. The van der Waals surface area contributed by atoms with Gasteiger partial charge in [0.1, 0.15) is 0 Å². The summed E-state index contributed by atoms with van der Waals surface area (Å²) in [7, 11) is 0. The second-order valence-electron chi connectivity index (χ2n) is 5.39. The van der Waals surface area contributed by atoms with E-state index in [2.05, 4.69) is 39.1 Å². The minimum absolute atomic E-state index is 0.569. The Hall–Kier alpha value is -0.760. The first-order valence-electron chi connectivity index (χ1n) is 6.32. The molecule has 0 amide bonds. The van der Waals surface area contributed by atoms with Gasteiger partial charge in [-0.05, 0) is 42.9 Å². The van der Waals surface area contributed by atoms with Gasteiger partial charge in [-0.2, -0.15) is 0 Å². The van der Waals surface area contributed by atoms with Crippen molar-refractivity contribution in [2.45, 2.75) is 46.6 Å². The maximum absolute atomic E-state index is 5.13. The predicted octanol–water partition coefficient (Wildman–Crippen LogP) is 3.48. The molecule has 2 nitrogen and oxygen atoms in total. The number of rotatable bonds is 7. The standard InChI is InChI=1S/C14H25NO/c1-11(2)7-14(9-15-12(3)4)8-13-5-6-16-10-13/h5-6,10-12,14-15H,7-9H2,1-4H3. The lowest BCUT2D eigenvalue weighted by Crippen LogP contribution is -2.30. The lowest BCUT2D eigenvalue weighted by Gasteiger charge is -2.20. The van der Waals surface area contributed by atoms with E-state index < -0.39 is 0 Å². The first kappa shape index (κ1) is 13.3. The first-order valence-corrected chi connectivity index (χ1v) is 6.32. The summed E-state index contributed by atoms with van der Waals surface area (Å²) in [5, 5.41) is 3.53. The molecule has 0 saturated heterocycles. The van der Waals surface area contributed by atoms with Crippen molar-refractivity contribution < 1.29 is 4.42 Å². The molecule has 0 saturated carbocycles. The van der Waals surface area contributed by atoms with Crippen molar-refractivity contribution in [3.05, 3.63) is 24.2 Å². The first-order chi connectivity index (χ1) is 7.58. The third-order valence-corrected chi connectivity index (χ3v) is 2.72. The van der Waals surface area contributed by atoms with Crippen molar-refractivity contribution in [2.24, 2.45) is 11.8 Å². The summed E-state index contributed by atoms with van der Waals surface area (Å²) < 4.78 is 5.13. The molecule has 0 aromatic carbocycles. The highest BCUT2D eigenvalue weighted by molar-refractivity contribution is 5.06. The molecular formula is C14H25NO. The second-order valence-corrected chi connectivity index (χ2v) is 5.39. The van der Waals surface area contributed by atoms with Crippen LogP contribution < -0.4 is 5.32 Å². The molecule has 1 rings (SSSR count). The largest absolute Gasteiger partial charge is 0.472 e. The number of hydrogen-bond donors (Lipinski definition) is 1. The van der Waals surface area contributed by atoms with Crippen molar-refractivity contribution in [3.8, 4) is 0 Å². The Kier molecular flexibility index (Phi) is 5.61. The fraction of sp³-hybridized carbons (Fsp3) is 0.714. The Morgan fingerprint density at radius 2 is 2.00 bits per heavy atom. The number of nitrogens with one attached hydrogen (secondary N) is 1. The highest BCUT2D eigenvalue weighted by atomic mass is 16.3. The third-order valence-electron chi connectivity index (χ3n) is 2.72. The predicted molar refractivity (Wildman–Crippen MR) is 68.5 cm³/mol. The van der Waals surface area contributed by atoms with Crippen molar-refractivity contribution in [2.75, 3.05) is 6.54 Å². The molecule has 2 heteroatoms. The zero-order valence-electron chi connectivity index (χ0n) is 11.0. The van der Waals surface area contributed by atoms with E-state index in [1.54, 1.807) is 6.26 Å². The Labute approximate surface area is 99.4 Å². The smallest absolute Gasteiger partial charge is 0.0934 e. The van der Waals surface area contributed by atoms with E-state index in [1.165, 1.54) is 12.0 Å². The van der Waals surface area contributed by atoms with Crippen LogP contribution >= 0.6 is 0 Å². The van der Waals surface area contributed by atoms with E-state index in [4.69, 9.17) is 4.42 Å². The van der Waals surface area contributed by atoms with Crippen LogP contribution in [-0.4, -0.2) is 12.6 Å². The molecule has 0 radical (unpaired) electrons. The van der Waals surface area contributed by atoms with Crippen LogP contribution in [0.5, 0.6) is 0 Å². The maximum atomic E-state index is 5.13. The van der Waals surface area contributed by atoms with Crippen molar-refractivity contribution >= 4 is 0 Å². The Bertz CT molecular complexity index is 264. The molecule has 1 aromatic rings. The van der Waals surface area contributed by atoms with E-state index in [1.807, 2.05) is 6.26 Å². The number of hydrogen-bond acceptors (Lipinski definition) is 2. The lowest BCUT2D eigenvalue weighted by molar-refractivity contribution is 0.372. The van der Waals surface area contributed by atoms with E-state index in [9.17, 15) is 0 Å². The highest BCUT2D eigenvalue weighted by Crippen LogP contribution is 2.17. The van der Waals surface area contributed by atoms with Gasteiger partial charge in [-0.3, -0.25) is 0 Å². The van der Waals surface area contributed by atoms with Crippen molar-refractivity contribution in [1.82, 2.24) is 5.32 Å². The molecule has 1 unspecified atom stereocenters. The molecule has 1 aromatic heterocycles. The van der Waals surface area contributed by atoms with Crippen LogP contribution in [0.1, 0.15) is 39.7 Å². The van der Waals surface area contributed by atoms with Gasteiger partial charge >= 0.3 is 0 Å². The van der Waals surface area contributed by atoms with Gasteiger partial charge in [-0.25, -0.2) is 0 Å². The maximum Gasteiger partial charge on any atom is 0.0934 e. The van der Waals surface area contributed by atoms with Crippen LogP contribution in [-0.2, 0) is 6.42 Å². The quantitative estimate of drug-likeness (QED) is 0.765. The van der Waals surface area contributed by atoms with Crippen LogP contribution in [0.4, 0.5) is 0 Å². The van der Waals surface area contributed by atoms with Crippen LogP contribution in [0.15, 0.2) is 23.0 Å². The van der Waals surface area contributed by atoms with Gasteiger partial charge in [0.2, 0.25) is 0 Å². The van der Waals surface area contributed by atoms with Gasteiger partial charge in [0, 0.05) is 6.04 Å². The van der Waals surface area contributed by atoms with Crippen LogP contribution in [0.25, 0.3) is 0 Å².